The highest BCUT2D eigenvalue weighted by molar-refractivity contribution is 5.94. The highest BCUT2D eigenvalue weighted by atomic mass is 16.3. The zero-order valence-corrected chi connectivity index (χ0v) is 13.2. The minimum Gasteiger partial charge on any atom is -0.396 e. The molecule has 2 rings (SSSR count). The Bertz CT molecular complexity index is 617. The average Bonchev–Trinajstić information content (AvgIpc) is 3.00. The SMILES string of the molecule is CC(C)(C)C(CCO)NC(=O)c1ccnc(-n2ccnc2)c1. The highest BCUT2D eigenvalue weighted by Gasteiger charge is 2.26. The minimum atomic E-state index is -0.169. The quantitative estimate of drug-likeness (QED) is 0.882. The van der Waals surface area contributed by atoms with Crippen molar-refractivity contribution in [3.05, 3.63) is 42.6 Å². The molecular weight excluding hydrogens is 280 g/mol. The Hall–Kier alpha value is -2.21. The molecule has 118 valence electrons. The van der Waals surface area contributed by atoms with Gasteiger partial charge in [0, 0.05) is 36.8 Å². The lowest BCUT2D eigenvalue weighted by Crippen LogP contribution is -2.44. The van der Waals surface area contributed by atoms with Crippen molar-refractivity contribution in [2.45, 2.75) is 33.2 Å². The number of carbonyl (C=O) groups excluding carboxylic acids is 1. The largest absolute Gasteiger partial charge is 0.396 e. The van der Waals surface area contributed by atoms with E-state index in [0.717, 1.165) is 0 Å². The first kappa shape index (κ1) is 16.2. The lowest BCUT2D eigenvalue weighted by molar-refractivity contribution is 0.0885. The molecule has 0 aromatic carbocycles. The van der Waals surface area contributed by atoms with Gasteiger partial charge < -0.3 is 10.4 Å². The number of aliphatic hydroxyl groups excluding tert-OH is 1. The summed E-state index contributed by atoms with van der Waals surface area (Å²) in [5.41, 5.74) is 0.407. The number of nitrogens with one attached hydrogen (secondary N) is 1. The van der Waals surface area contributed by atoms with Gasteiger partial charge in [-0.3, -0.25) is 9.36 Å². The molecule has 0 saturated carbocycles. The third-order valence-electron chi connectivity index (χ3n) is 3.55. The van der Waals surface area contributed by atoms with Crippen molar-refractivity contribution in [1.29, 1.82) is 0 Å². The molecule has 0 aliphatic carbocycles. The third kappa shape index (κ3) is 3.92. The van der Waals surface area contributed by atoms with E-state index >= 15 is 0 Å². The van der Waals surface area contributed by atoms with Crippen LogP contribution in [0.4, 0.5) is 0 Å². The summed E-state index contributed by atoms with van der Waals surface area (Å²) in [6, 6.07) is 3.29. The van der Waals surface area contributed by atoms with Crippen molar-refractivity contribution >= 4 is 5.91 Å². The maximum atomic E-state index is 12.5. The summed E-state index contributed by atoms with van der Waals surface area (Å²) in [7, 11) is 0. The number of aromatic nitrogens is 3. The molecule has 0 bridgehead atoms. The zero-order chi connectivity index (χ0) is 16.2. The molecule has 2 N–H and O–H groups in total. The molecule has 2 heterocycles. The zero-order valence-electron chi connectivity index (χ0n) is 13.2. The van der Waals surface area contributed by atoms with Crippen LogP contribution in [-0.4, -0.2) is 38.2 Å². The fourth-order valence-electron chi connectivity index (χ4n) is 2.19. The highest BCUT2D eigenvalue weighted by Crippen LogP contribution is 2.22. The van der Waals surface area contributed by atoms with Crippen LogP contribution in [0.25, 0.3) is 5.82 Å². The van der Waals surface area contributed by atoms with Gasteiger partial charge in [-0.25, -0.2) is 9.97 Å². The molecule has 2 aromatic rings. The molecule has 1 unspecified atom stereocenters. The molecule has 1 atom stereocenters. The first-order chi connectivity index (χ1) is 10.4. The average molecular weight is 302 g/mol. The standard InChI is InChI=1S/C16H22N4O2/c1-16(2,3)13(5-9-21)19-15(22)12-4-6-18-14(10-12)20-8-7-17-11-20/h4,6-8,10-11,13,21H,5,9H2,1-3H3,(H,19,22). The number of carbonyl (C=O) groups is 1. The van der Waals surface area contributed by atoms with E-state index in [0.29, 0.717) is 17.8 Å². The van der Waals surface area contributed by atoms with E-state index in [1.807, 2.05) is 20.8 Å². The Morgan fingerprint density at radius 1 is 1.41 bits per heavy atom. The van der Waals surface area contributed by atoms with Crippen LogP contribution in [0.3, 0.4) is 0 Å². The third-order valence-corrected chi connectivity index (χ3v) is 3.55. The number of pyridine rings is 1. The van der Waals surface area contributed by atoms with E-state index in [1.54, 1.807) is 41.6 Å². The summed E-state index contributed by atoms with van der Waals surface area (Å²) in [5.74, 6) is 0.469. The summed E-state index contributed by atoms with van der Waals surface area (Å²) >= 11 is 0. The van der Waals surface area contributed by atoms with Gasteiger partial charge in [-0.2, -0.15) is 0 Å². The van der Waals surface area contributed by atoms with Gasteiger partial charge in [0.15, 0.2) is 0 Å². The fourth-order valence-corrected chi connectivity index (χ4v) is 2.19. The number of aliphatic hydroxyl groups is 1. The Kier molecular flexibility index (Phi) is 4.92. The number of hydrogen-bond acceptors (Lipinski definition) is 4. The Balaban J connectivity index is 2.17. The number of rotatable bonds is 5. The van der Waals surface area contributed by atoms with E-state index in [4.69, 9.17) is 0 Å². The van der Waals surface area contributed by atoms with Gasteiger partial charge in [0.25, 0.3) is 5.91 Å². The topological polar surface area (TPSA) is 80.0 Å². The summed E-state index contributed by atoms with van der Waals surface area (Å²) in [4.78, 5) is 20.7. The van der Waals surface area contributed by atoms with Gasteiger partial charge in [-0.05, 0) is 24.0 Å². The molecular formula is C16H22N4O2. The summed E-state index contributed by atoms with van der Waals surface area (Å²) in [5, 5.41) is 12.2. The normalized spacial score (nSPS) is 12.9. The lowest BCUT2D eigenvalue weighted by atomic mass is 9.85. The predicted molar refractivity (Wildman–Crippen MR) is 83.8 cm³/mol. The molecule has 0 radical (unpaired) electrons. The van der Waals surface area contributed by atoms with Crippen LogP contribution >= 0.6 is 0 Å². The van der Waals surface area contributed by atoms with Crippen LogP contribution in [0, 0.1) is 5.41 Å². The number of imidazole rings is 1. The number of hydrogen-bond donors (Lipinski definition) is 2. The van der Waals surface area contributed by atoms with Gasteiger partial charge in [0.05, 0.1) is 0 Å². The minimum absolute atomic E-state index is 0.0405. The van der Waals surface area contributed by atoms with E-state index in [9.17, 15) is 9.90 Å². The lowest BCUT2D eigenvalue weighted by Gasteiger charge is -2.31. The van der Waals surface area contributed by atoms with E-state index < -0.39 is 0 Å². The van der Waals surface area contributed by atoms with Crippen LogP contribution < -0.4 is 5.32 Å². The summed E-state index contributed by atoms with van der Waals surface area (Å²) in [6.45, 7) is 6.16. The molecule has 0 fully saturated rings. The molecule has 0 saturated heterocycles. The summed E-state index contributed by atoms with van der Waals surface area (Å²) in [6.07, 6.45) is 7.18. The number of nitrogens with zero attached hydrogens (tertiary/aromatic N) is 3. The van der Waals surface area contributed by atoms with Gasteiger partial charge in [-0.1, -0.05) is 20.8 Å². The summed E-state index contributed by atoms with van der Waals surface area (Å²) < 4.78 is 1.74. The monoisotopic (exact) mass is 302 g/mol. The van der Waals surface area contributed by atoms with E-state index in [1.165, 1.54) is 0 Å². The predicted octanol–water partition coefficient (Wildman–Crippen LogP) is 1.79. The van der Waals surface area contributed by atoms with Crippen LogP contribution in [0.15, 0.2) is 37.1 Å². The Morgan fingerprint density at radius 3 is 2.77 bits per heavy atom. The van der Waals surface area contributed by atoms with Crippen LogP contribution in [0.1, 0.15) is 37.6 Å². The van der Waals surface area contributed by atoms with Gasteiger partial charge in [0.1, 0.15) is 12.1 Å². The van der Waals surface area contributed by atoms with Crippen molar-refractivity contribution < 1.29 is 9.90 Å². The molecule has 1 amide bonds. The molecule has 2 aromatic heterocycles. The van der Waals surface area contributed by atoms with Crippen molar-refractivity contribution in [2.24, 2.45) is 5.41 Å². The second-order valence-electron chi connectivity index (χ2n) is 6.28. The van der Waals surface area contributed by atoms with Gasteiger partial charge in [0.2, 0.25) is 0 Å². The Labute approximate surface area is 130 Å². The second kappa shape index (κ2) is 6.70. The molecule has 22 heavy (non-hydrogen) atoms. The first-order valence-electron chi connectivity index (χ1n) is 7.28. The maximum Gasteiger partial charge on any atom is 0.251 e. The van der Waals surface area contributed by atoms with Crippen LogP contribution in [0.2, 0.25) is 0 Å². The van der Waals surface area contributed by atoms with Crippen LogP contribution in [0.5, 0.6) is 0 Å². The second-order valence-corrected chi connectivity index (χ2v) is 6.28. The molecule has 6 nitrogen and oxygen atoms in total. The van der Waals surface area contributed by atoms with Gasteiger partial charge in [-0.15, -0.1) is 0 Å². The van der Waals surface area contributed by atoms with Crippen molar-refractivity contribution in [1.82, 2.24) is 19.9 Å². The van der Waals surface area contributed by atoms with Crippen molar-refractivity contribution in [2.75, 3.05) is 6.61 Å². The van der Waals surface area contributed by atoms with E-state index in [-0.39, 0.29) is 24.0 Å². The van der Waals surface area contributed by atoms with Crippen molar-refractivity contribution in [3.63, 3.8) is 0 Å². The van der Waals surface area contributed by atoms with E-state index in [2.05, 4.69) is 15.3 Å². The van der Waals surface area contributed by atoms with Crippen LogP contribution in [-0.2, 0) is 0 Å². The fraction of sp³-hybridized carbons (Fsp3) is 0.438. The molecule has 6 heteroatoms. The molecule has 0 spiro atoms. The number of amides is 1. The molecule has 0 aliphatic heterocycles. The maximum absolute atomic E-state index is 12.5. The smallest absolute Gasteiger partial charge is 0.251 e. The molecule has 0 aliphatic rings. The van der Waals surface area contributed by atoms with Gasteiger partial charge >= 0.3 is 0 Å². The Morgan fingerprint density at radius 2 is 2.18 bits per heavy atom. The first-order valence-corrected chi connectivity index (χ1v) is 7.28. The van der Waals surface area contributed by atoms with Crippen molar-refractivity contribution in [3.8, 4) is 5.82 Å².